The molecule has 2 bridgehead atoms. The van der Waals surface area contributed by atoms with E-state index in [9.17, 15) is 14.0 Å². The zero-order valence-electron chi connectivity index (χ0n) is 18.3. The van der Waals surface area contributed by atoms with Gasteiger partial charge in [0.05, 0.1) is 24.1 Å². The quantitative estimate of drug-likeness (QED) is 0.566. The van der Waals surface area contributed by atoms with E-state index in [-0.39, 0.29) is 41.8 Å². The molecule has 1 amide bonds. The van der Waals surface area contributed by atoms with E-state index in [2.05, 4.69) is 15.3 Å². The molecule has 0 aliphatic carbocycles. The van der Waals surface area contributed by atoms with E-state index in [0.29, 0.717) is 25.3 Å². The Bertz CT molecular complexity index is 1230. The third-order valence-electron chi connectivity index (χ3n) is 6.10. The zero-order valence-corrected chi connectivity index (χ0v) is 18.3. The summed E-state index contributed by atoms with van der Waals surface area (Å²) in [4.78, 5) is 44.2. The third-order valence-corrected chi connectivity index (χ3v) is 6.10. The van der Waals surface area contributed by atoms with Gasteiger partial charge < -0.3 is 19.9 Å². The Morgan fingerprint density at radius 2 is 2.00 bits per heavy atom. The molecule has 1 saturated heterocycles. The van der Waals surface area contributed by atoms with Crippen molar-refractivity contribution in [2.75, 3.05) is 18.0 Å². The van der Waals surface area contributed by atoms with Crippen LogP contribution in [0.3, 0.4) is 0 Å². The monoisotopic (exact) mass is 465 g/mol. The second-order valence-corrected chi connectivity index (χ2v) is 8.23. The van der Waals surface area contributed by atoms with Crippen LogP contribution >= 0.6 is 0 Å². The van der Waals surface area contributed by atoms with Crippen LogP contribution in [0.15, 0.2) is 59.8 Å². The van der Waals surface area contributed by atoms with Crippen molar-refractivity contribution in [3.05, 3.63) is 88.1 Å². The number of aromatic nitrogens is 3. The molecular weight excluding hydrogens is 441 g/mol. The Morgan fingerprint density at radius 1 is 1.18 bits per heavy atom. The van der Waals surface area contributed by atoms with Crippen molar-refractivity contribution in [2.45, 2.75) is 25.4 Å². The van der Waals surface area contributed by atoms with E-state index in [4.69, 9.17) is 9.90 Å². The fourth-order valence-corrected chi connectivity index (χ4v) is 4.71. The van der Waals surface area contributed by atoms with Crippen molar-refractivity contribution >= 4 is 18.1 Å². The molecule has 2 aliphatic rings. The summed E-state index contributed by atoms with van der Waals surface area (Å²) in [5.74, 6) is -0.413. The summed E-state index contributed by atoms with van der Waals surface area (Å²) in [7, 11) is 0. The number of fused-ring (bicyclic) bond motifs is 4. The van der Waals surface area contributed by atoms with Gasteiger partial charge in [0.1, 0.15) is 5.56 Å². The van der Waals surface area contributed by atoms with Crippen LogP contribution in [0.4, 0.5) is 10.1 Å². The molecule has 3 aromatic rings. The topological polar surface area (TPSA) is 117 Å². The molecule has 3 aromatic heterocycles. The number of hydrogen-bond donors (Lipinski definition) is 2. The van der Waals surface area contributed by atoms with Gasteiger partial charge in [0.25, 0.3) is 17.9 Å². The van der Waals surface area contributed by atoms with Gasteiger partial charge in [-0.15, -0.1) is 0 Å². The summed E-state index contributed by atoms with van der Waals surface area (Å²) < 4.78 is 16.0. The largest absolute Gasteiger partial charge is 0.483 e. The number of hydrogen-bond acceptors (Lipinski definition) is 6. The molecule has 2 aliphatic heterocycles. The molecule has 10 heteroatoms. The van der Waals surface area contributed by atoms with Gasteiger partial charge in [0.15, 0.2) is 5.82 Å². The zero-order chi connectivity index (χ0) is 24.1. The number of halogens is 1. The first-order valence-corrected chi connectivity index (χ1v) is 10.9. The van der Waals surface area contributed by atoms with E-state index < -0.39 is 5.91 Å². The lowest BCUT2D eigenvalue weighted by Crippen LogP contribution is -2.48. The lowest BCUT2D eigenvalue weighted by Gasteiger charge is -2.43. The number of rotatable bonds is 4. The number of carboxylic acid groups (broad SMARTS) is 1. The summed E-state index contributed by atoms with van der Waals surface area (Å²) in [5.41, 5.74) is 2.05. The number of amides is 1. The van der Waals surface area contributed by atoms with Gasteiger partial charge in [0, 0.05) is 43.6 Å². The molecular formula is C24H24FN5O4. The second-order valence-electron chi connectivity index (χ2n) is 8.23. The molecule has 0 radical (unpaired) electrons. The van der Waals surface area contributed by atoms with E-state index in [1.54, 1.807) is 29.1 Å². The second kappa shape index (κ2) is 10.2. The highest BCUT2D eigenvalue weighted by molar-refractivity contribution is 5.93. The standard InChI is InChI=1S/C23H22FN5O2.CH2O2/c24-19-11-25-8-6-21(19)28-12-15-9-16(14-28)20-5-4-18(23(31)29(20)13-15)22(30)27-10-17-3-1-2-7-26-17;2-1-3/h1-8,11,15-16H,9-10,12-14H2,(H,27,30);1H,(H,2,3)/t15-,16+;/m0./s1. The van der Waals surface area contributed by atoms with Crippen molar-refractivity contribution < 1.29 is 19.1 Å². The first kappa shape index (κ1) is 23.1. The summed E-state index contributed by atoms with van der Waals surface area (Å²) in [5, 5.41) is 9.67. The summed E-state index contributed by atoms with van der Waals surface area (Å²) in [6, 6.07) is 10.6. The van der Waals surface area contributed by atoms with Crippen LogP contribution in [0.5, 0.6) is 0 Å². The highest BCUT2D eigenvalue weighted by Crippen LogP contribution is 2.37. The predicted molar refractivity (Wildman–Crippen MR) is 122 cm³/mol. The molecule has 34 heavy (non-hydrogen) atoms. The lowest BCUT2D eigenvalue weighted by molar-refractivity contribution is -0.122. The number of nitrogens with zero attached hydrogens (tertiary/aromatic N) is 4. The lowest BCUT2D eigenvalue weighted by atomic mass is 9.82. The van der Waals surface area contributed by atoms with Crippen LogP contribution in [0.25, 0.3) is 0 Å². The molecule has 0 unspecified atom stereocenters. The van der Waals surface area contributed by atoms with Crippen LogP contribution < -0.4 is 15.8 Å². The molecule has 5 rings (SSSR count). The first-order chi connectivity index (χ1) is 16.5. The SMILES string of the molecule is O=C(NCc1ccccn1)c1ccc2n(c1=O)C[C@H]1C[C@@H]2CN(c2ccncc2F)C1.O=CO. The van der Waals surface area contributed by atoms with Gasteiger partial charge in [0.2, 0.25) is 0 Å². The molecule has 176 valence electrons. The van der Waals surface area contributed by atoms with Crippen LogP contribution in [0.1, 0.15) is 34.1 Å². The van der Waals surface area contributed by atoms with Crippen LogP contribution in [0.2, 0.25) is 0 Å². The number of carbonyl (C=O) groups excluding carboxylic acids is 1. The van der Waals surface area contributed by atoms with E-state index in [1.807, 2.05) is 29.2 Å². The van der Waals surface area contributed by atoms with Crippen molar-refractivity contribution in [1.29, 1.82) is 0 Å². The first-order valence-electron chi connectivity index (χ1n) is 10.9. The van der Waals surface area contributed by atoms with E-state index in [0.717, 1.165) is 17.8 Å². The maximum Gasteiger partial charge on any atom is 0.290 e. The summed E-state index contributed by atoms with van der Waals surface area (Å²) in [6.07, 6.45) is 5.44. The predicted octanol–water partition coefficient (Wildman–Crippen LogP) is 2.03. The minimum Gasteiger partial charge on any atom is -0.483 e. The number of nitrogens with one attached hydrogen (secondary N) is 1. The average Bonchev–Trinajstić information content (AvgIpc) is 2.84. The molecule has 9 nitrogen and oxygen atoms in total. The minimum absolute atomic E-state index is 0.110. The number of anilines is 1. The minimum atomic E-state index is -0.401. The summed E-state index contributed by atoms with van der Waals surface area (Å²) >= 11 is 0. The molecule has 0 saturated carbocycles. The molecule has 1 fully saturated rings. The van der Waals surface area contributed by atoms with Crippen molar-refractivity contribution in [3.63, 3.8) is 0 Å². The van der Waals surface area contributed by atoms with Gasteiger partial charge in [-0.1, -0.05) is 6.07 Å². The van der Waals surface area contributed by atoms with Crippen LogP contribution in [0, 0.1) is 11.7 Å². The molecule has 0 spiro atoms. The third kappa shape index (κ3) is 4.80. The maximum atomic E-state index is 14.2. The summed E-state index contributed by atoms with van der Waals surface area (Å²) in [6.45, 7) is 1.83. The van der Waals surface area contributed by atoms with Crippen molar-refractivity contribution in [1.82, 2.24) is 19.9 Å². The molecule has 2 N–H and O–H groups in total. The Balaban J connectivity index is 0.000000868. The average molecular weight is 465 g/mol. The van der Waals surface area contributed by atoms with Crippen molar-refractivity contribution in [2.24, 2.45) is 5.92 Å². The van der Waals surface area contributed by atoms with Crippen molar-refractivity contribution in [3.8, 4) is 0 Å². The Kier molecular flexibility index (Phi) is 6.95. The smallest absolute Gasteiger partial charge is 0.290 e. The van der Waals surface area contributed by atoms with Crippen LogP contribution in [-0.4, -0.2) is 45.1 Å². The highest BCUT2D eigenvalue weighted by Gasteiger charge is 2.36. The number of pyridine rings is 3. The van der Waals surface area contributed by atoms with Crippen LogP contribution in [-0.2, 0) is 17.9 Å². The maximum absolute atomic E-state index is 14.2. The highest BCUT2D eigenvalue weighted by atomic mass is 19.1. The van der Waals surface area contributed by atoms with Gasteiger partial charge in [-0.25, -0.2) is 4.39 Å². The Morgan fingerprint density at radius 3 is 2.74 bits per heavy atom. The number of carbonyl (C=O) groups is 2. The van der Waals surface area contributed by atoms with Gasteiger partial charge in [-0.3, -0.25) is 24.4 Å². The molecule has 5 heterocycles. The number of piperidine rings is 1. The van der Waals surface area contributed by atoms with E-state index >= 15 is 0 Å². The van der Waals surface area contributed by atoms with E-state index in [1.165, 1.54) is 6.20 Å². The van der Waals surface area contributed by atoms with Gasteiger partial charge in [-0.2, -0.15) is 0 Å². The van der Waals surface area contributed by atoms with Gasteiger partial charge in [-0.05, 0) is 42.7 Å². The Hall–Kier alpha value is -4.08. The molecule has 2 atom stereocenters. The van der Waals surface area contributed by atoms with Gasteiger partial charge >= 0.3 is 0 Å². The Labute approximate surface area is 194 Å². The fourth-order valence-electron chi connectivity index (χ4n) is 4.71. The molecule has 0 aromatic carbocycles. The normalized spacial score (nSPS) is 18.2. The fraction of sp³-hybridized carbons (Fsp3) is 0.292.